The molecule has 2 rings (SSSR count). The second-order valence-electron chi connectivity index (χ2n) is 5.67. The van der Waals surface area contributed by atoms with Crippen molar-refractivity contribution in [2.75, 3.05) is 5.73 Å². The van der Waals surface area contributed by atoms with Crippen LogP contribution in [-0.2, 0) is 6.54 Å². The molecule has 1 aromatic carbocycles. The molecule has 0 aliphatic carbocycles. The number of aromatic nitrogens is 2. The summed E-state index contributed by atoms with van der Waals surface area (Å²) in [6.45, 7) is 9.57. The highest BCUT2D eigenvalue weighted by atomic mass is 15.1. The Kier molecular flexibility index (Phi) is 4.48. The van der Waals surface area contributed by atoms with Gasteiger partial charge < -0.3 is 10.3 Å². The average molecular weight is 271 g/mol. The van der Waals surface area contributed by atoms with Gasteiger partial charge in [-0.1, -0.05) is 51.5 Å². The minimum Gasteiger partial charge on any atom is -0.383 e. The van der Waals surface area contributed by atoms with E-state index in [1.807, 2.05) is 6.92 Å². The van der Waals surface area contributed by atoms with Crippen molar-refractivity contribution in [1.29, 1.82) is 0 Å². The Morgan fingerprint density at radius 3 is 2.40 bits per heavy atom. The van der Waals surface area contributed by atoms with Gasteiger partial charge in [-0.2, -0.15) is 0 Å². The zero-order chi connectivity index (χ0) is 14.7. The van der Waals surface area contributed by atoms with E-state index in [-0.39, 0.29) is 0 Å². The van der Waals surface area contributed by atoms with Crippen molar-refractivity contribution in [2.45, 2.75) is 53.0 Å². The molecule has 3 nitrogen and oxygen atoms in total. The molecule has 1 heterocycles. The van der Waals surface area contributed by atoms with Gasteiger partial charge in [0, 0.05) is 12.1 Å². The number of unbranched alkanes of at least 4 members (excludes halogenated alkanes) is 1. The molecule has 108 valence electrons. The van der Waals surface area contributed by atoms with E-state index in [0.29, 0.717) is 5.92 Å². The molecule has 1 aromatic heterocycles. The largest absolute Gasteiger partial charge is 0.383 e. The summed E-state index contributed by atoms with van der Waals surface area (Å²) >= 11 is 0. The second-order valence-corrected chi connectivity index (χ2v) is 5.67. The minimum atomic E-state index is 0.547. The molecule has 0 amide bonds. The molecule has 0 aliphatic rings. The summed E-state index contributed by atoms with van der Waals surface area (Å²) in [5.74, 6) is 2.33. The number of benzene rings is 1. The van der Waals surface area contributed by atoms with Crippen LogP contribution in [0.4, 0.5) is 5.82 Å². The van der Waals surface area contributed by atoms with E-state index in [4.69, 9.17) is 5.73 Å². The lowest BCUT2D eigenvalue weighted by atomic mass is 10.0. The molecular weight excluding hydrogens is 246 g/mol. The van der Waals surface area contributed by atoms with E-state index in [0.717, 1.165) is 42.3 Å². The normalized spacial score (nSPS) is 11.2. The number of nitrogen functional groups attached to an aromatic ring is 1. The maximum absolute atomic E-state index is 6.28. The van der Waals surface area contributed by atoms with Gasteiger partial charge in [0.2, 0.25) is 0 Å². The van der Waals surface area contributed by atoms with Crippen molar-refractivity contribution >= 4 is 5.82 Å². The van der Waals surface area contributed by atoms with Crippen LogP contribution < -0.4 is 5.73 Å². The van der Waals surface area contributed by atoms with Crippen LogP contribution in [0.15, 0.2) is 24.3 Å². The maximum Gasteiger partial charge on any atom is 0.131 e. The lowest BCUT2D eigenvalue weighted by Crippen LogP contribution is -2.04. The smallest absolute Gasteiger partial charge is 0.131 e. The molecule has 3 heteroatoms. The Morgan fingerprint density at radius 2 is 1.85 bits per heavy atom. The molecule has 0 saturated carbocycles. The fourth-order valence-electron chi connectivity index (χ4n) is 2.42. The first-order valence-electron chi connectivity index (χ1n) is 7.47. The molecule has 0 unspecified atom stereocenters. The Bertz CT molecular complexity index is 565. The van der Waals surface area contributed by atoms with Gasteiger partial charge in [0.05, 0.1) is 0 Å². The van der Waals surface area contributed by atoms with E-state index in [1.165, 1.54) is 5.56 Å². The quantitative estimate of drug-likeness (QED) is 0.877. The standard InChI is InChI=1S/C17H25N3/c1-5-6-11-20-13(4)19-16(17(20)18)15-9-7-14(8-10-15)12(2)3/h7-10,12H,5-6,11,18H2,1-4H3. The number of nitrogens with two attached hydrogens (primary N) is 1. The first-order valence-corrected chi connectivity index (χ1v) is 7.47. The summed E-state index contributed by atoms with van der Waals surface area (Å²) in [5.41, 5.74) is 9.63. The second kappa shape index (κ2) is 6.12. The van der Waals surface area contributed by atoms with Crippen molar-refractivity contribution in [3.63, 3.8) is 0 Å². The monoisotopic (exact) mass is 271 g/mol. The number of imidazole rings is 1. The summed E-state index contributed by atoms with van der Waals surface area (Å²) < 4.78 is 2.12. The van der Waals surface area contributed by atoms with Gasteiger partial charge in [0.15, 0.2) is 0 Å². The van der Waals surface area contributed by atoms with Gasteiger partial charge in [0.1, 0.15) is 17.3 Å². The Labute approximate surface area is 121 Å². The van der Waals surface area contributed by atoms with E-state index in [2.05, 4.69) is 54.6 Å². The fourth-order valence-corrected chi connectivity index (χ4v) is 2.42. The third-order valence-electron chi connectivity index (χ3n) is 3.78. The number of hydrogen-bond acceptors (Lipinski definition) is 2. The molecule has 0 bridgehead atoms. The number of hydrogen-bond donors (Lipinski definition) is 1. The molecule has 0 fully saturated rings. The summed E-state index contributed by atoms with van der Waals surface area (Å²) in [6, 6.07) is 8.58. The van der Waals surface area contributed by atoms with Gasteiger partial charge in [0.25, 0.3) is 0 Å². The fraction of sp³-hybridized carbons (Fsp3) is 0.471. The highest BCUT2D eigenvalue weighted by molar-refractivity contribution is 5.71. The van der Waals surface area contributed by atoms with E-state index in [1.54, 1.807) is 0 Å². The maximum atomic E-state index is 6.28. The Balaban J connectivity index is 2.33. The third kappa shape index (κ3) is 2.87. The van der Waals surface area contributed by atoms with Crippen LogP contribution in [0.3, 0.4) is 0 Å². The van der Waals surface area contributed by atoms with Crippen LogP contribution in [0.5, 0.6) is 0 Å². The van der Waals surface area contributed by atoms with Gasteiger partial charge in [-0.3, -0.25) is 0 Å². The lowest BCUT2D eigenvalue weighted by molar-refractivity contribution is 0.622. The first kappa shape index (κ1) is 14.6. The van der Waals surface area contributed by atoms with Crippen LogP contribution in [0, 0.1) is 6.92 Å². The molecule has 0 saturated heterocycles. The zero-order valence-electron chi connectivity index (χ0n) is 13.0. The third-order valence-corrected chi connectivity index (χ3v) is 3.78. The van der Waals surface area contributed by atoms with Crippen LogP contribution in [0.25, 0.3) is 11.3 Å². The predicted molar refractivity (Wildman–Crippen MR) is 85.8 cm³/mol. The Morgan fingerprint density at radius 1 is 1.20 bits per heavy atom. The SMILES string of the molecule is CCCCn1c(C)nc(-c2ccc(C(C)C)cc2)c1N. The summed E-state index contributed by atoms with van der Waals surface area (Å²) in [4.78, 5) is 4.65. The van der Waals surface area contributed by atoms with Crippen molar-refractivity contribution < 1.29 is 0 Å². The number of nitrogens with zero attached hydrogens (tertiary/aromatic N) is 2. The molecular formula is C17H25N3. The minimum absolute atomic E-state index is 0.547. The predicted octanol–water partition coefficient (Wildman–Crippen LogP) is 4.36. The van der Waals surface area contributed by atoms with E-state index < -0.39 is 0 Å². The van der Waals surface area contributed by atoms with Crippen molar-refractivity contribution in [3.05, 3.63) is 35.7 Å². The van der Waals surface area contributed by atoms with Gasteiger partial charge in [-0.05, 0) is 24.8 Å². The average Bonchev–Trinajstić information content (AvgIpc) is 2.72. The first-order chi connectivity index (χ1) is 9.54. The zero-order valence-corrected chi connectivity index (χ0v) is 13.0. The lowest BCUT2D eigenvalue weighted by Gasteiger charge is -2.08. The summed E-state index contributed by atoms with van der Waals surface area (Å²) in [7, 11) is 0. The molecule has 0 radical (unpaired) electrons. The Hall–Kier alpha value is -1.77. The molecule has 2 N–H and O–H groups in total. The molecule has 0 spiro atoms. The molecule has 20 heavy (non-hydrogen) atoms. The van der Waals surface area contributed by atoms with Crippen LogP contribution in [0.1, 0.15) is 50.9 Å². The van der Waals surface area contributed by atoms with Crippen molar-refractivity contribution in [1.82, 2.24) is 9.55 Å². The highest BCUT2D eigenvalue weighted by Gasteiger charge is 2.13. The van der Waals surface area contributed by atoms with Crippen LogP contribution >= 0.6 is 0 Å². The highest BCUT2D eigenvalue weighted by Crippen LogP contribution is 2.28. The van der Waals surface area contributed by atoms with Gasteiger partial charge >= 0.3 is 0 Å². The molecule has 0 aliphatic heterocycles. The van der Waals surface area contributed by atoms with E-state index >= 15 is 0 Å². The van der Waals surface area contributed by atoms with Crippen molar-refractivity contribution in [2.24, 2.45) is 0 Å². The van der Waals surface area contributed by atoms with Crippen LogP contribution in [0.2, 0.25) is 0 Å². The van der Waals surface area contributed by atoms with Crippen molar-refractivity contribution in [3.8, 4) is 11.3 Å². The van der Waals surface area contributed by atoms with Crippen LogP contribution in [-0.4, -0.2) is 9.55 Å². The summed E-state index contributed by atoms with van der Waals surface area (Å²) in [5, 5.41) is 0. The van der Waals surface area contributed by atoms with Gasteiger partial charge in [-0.25, -0.2) is 4.98 Å². The summed E-state index contributed by atoms with van der Waals surface area (Å²) in [6.07, 6.45) is 2.29. The molecule has 0 atom stereocenters. The number of anilines is 1. The topological polar surface area (TPSA) is 43.8 Å². The van der Waals surface area contributed by atoms with E-state index in [9.17, 15) is 0 Å². The van der Waals surface area contributed by atoms with Gasteiger partial charge in [-0.15, -0.1) is 0 Å². The number of aryl methyl sites for hydroxylation is 1. The number of rotatable bonds is 5. The molecule has 2 aromatic rings.